The zero-order chi connectivity index (χ0) is 14.1. The fourth-order valence-corrected chi connectivity index (χ4v) is 2.28. The number of hydrogen-bond donors (Lipinski definition) is 1. The molecule has 2 nitrogen and oxygen atoms in total. The second-order valence-corrected chi connectivity index (χ2v) is 5.53. The highest BCUT2D eigenvalue weighted by Crippen LogP contribution is 2.15. The first kappa shape index (κ1) is 16.0. The number of nitrogen functional groups attached to an aromatic ring is 1. The van der Waals surface area contributed by atoms with E-state index in [1.54, 1.807) is 0 Å². The van der Waals surface area contributed by atoms with Crippen molar-refractivity contribution in [2.75, 3.05) is 18.8 Å². The van der Waals surface area contributed by atoms with E-state index in [-0.39, 0.29) is 0 Å². The van der Waals surface area contributed by atoms with Gasteiger partial charge in [-0.05, 0) is 50.0 Å². The van der Waals surface area contributed by atoms with E-state index in [1.165, 1.54) is 56.3 Å². The summed E-state index contributed by atoms with van der Waals surface area (Å²) in [5.41, 5.74) is 9.44. The summed E-state index contributed by atoms with van der Waals surface area (Å²) in [5, 5.41) is 0. The lowest BCUT2D eigenvalue weighted by atomic mass is 10.1. The Morgan fingerprint density at radius 3 is 2.32 bits per heavy atom. The number of hydrogen-bond acceptors (Lipinski definition) is 2. The van der Waals surface area contributed by atoms with Crippen LogP contribution < -0.4 is 5.73 Å². The van der Waals surface area contributed by atoms with Crippen LogP contribution in [0.3, 0.4) is 0 Å². The van der Waals surface area contributed by atoms with Gasteiger partial charge in [0.2, 0.25) is 0 Å². The monoisotopic (exact) mass is 262 g/mol. The third-order valence-electron chi connectivity index (χ3n) is 3.66. The van der Waals surface area contributed by atoms with Gasteiger partial charge >= 0.3 is 0 Å². The molecule has 0 aromatic heterocycles. The summed E-state index contributed by atoms with van der Waals surface area (Å²) in [6.45, 7) is 10.0. The smallest absolute Gasteiger partial charge is 0.0346 e. The largest absolute Gasteiger partial charge is 0.399 e. The van der Waals surface area contributed by atoms with Crippen LogP contribution in [0.25, 0.3) is 0 Å². The van der Waals surface area contributed by atoms with E-state index in [4.69, 9.17) is 5.73 Å². The van der Waals surface area contributed by atoms with E-state index in [1.807, 2.05) is 0 Å². The molecule has 0 bridgehead atoms. The van der Waals surface area contributed by atoms with E-state index in [0.717, 1.165) is 12.2 Å². The lowest BCUT2D eigenvalue weighted by molar-refractivity contribution is 0.255. The maximum Gasteiger partial charge on any atom is 0.0346 e. The van der Waals surface area contributed by atoms with Crippen molar-refractivity contribution >= 4 is 5.69 Å². The van der Waals surface area contributed by atoms with Crippen molar-refractivity contribution in [2.24, 2.45) is 0 Å². The van der Waals surface area contributed by atoms with Crippen molar-refractivity contribution in [3.05, 3.63) is 29.3 Å². The van der Waals surface area contributed by atoms with Crippen LogP contribution in [0, 0.1) is 6.92 Å². The van der Waals surface area contributed by atoms with Crippen LogP contribution in [0.5, 0.6) is 0 Å². The maximum atomic E-state index is 6.00. The first-order chi connectivity index (χ1) is 9.17. The minimum absolute atomic E-state index is 0.918. The fraction of sp³-hybridized carbons (Fsp3) is 0.647. The Hall–Kier alpha value is -1.02. The molecule has 0 heterocycles. The molecular formula is C17H30N2. The first-order valence-corrected chi connectivity index (χ1v) is 7.74. The predicted octanol–water partition coefficient (Wildman–Crippen LogP) is 4.37. The van der Waals surface area contributed by atoms with Gasteiger partial charge in [-0.2, -0.15) is 0 Å². The standard InChI is InChI=1S/C17H30N2/c1-4-6-8-12-19(11-7-5-2)14-16-10-9-15(3)17(18)13-16/h9-10,13H,4-8,11-12,14,18H2,1-3H3. The van der Waals surface area contributed by atoms with Crippen LogP contribution in [0.15, 0.2) is 18.2 Å². The minimum atomic E-state index is 0.918. The van der Waals surface area contributed by atoms with Gasteiger partial charge in [-0.15, -0.1) is 0 Å². The molecule has 0 amide bonds. The van der Waals surface area contributed by atoms with Crippen molar-refractivity contribution in [3.8, 4) is 0 Å². The third-order valence-corrected chi connectivity index (χ3v) is 3.66. The van der Waals surface area contributed by atoms with Gasteiger partial charge in [0.05, 0.1) is 0 Å². The molecule has 19 heavy (non-hydrogen) atoms. The molecule has 0 aliphatic rings. The average Bonchev–Trinajstić information content (AvgIpc) is 2.40. The highest BCUT2D eigenvalue weighted by atomic mass is 15.1. The van der Waals surface area contributed by atoms with Crippen LogP contribution >= 0.6 is 0 Å². The van der Waals surface area contributed by atoms with Crippen molar-refractivity contribution in [3.63, 3.8) is 0 Å². The lowest BCUT2D eigenvalue weighted by Gasteiger charge is -2.22. The van der Waals surface area contributed by atoms with Gasteiger partial charge in [0.1, 0.15) is 0 Å². The average molecular weight is 262 g/mol. The molecule has 1 rings (SSSR count). The second-order valence-electron chi connectivity index (χ2n) is 5.53. The summed E-state index contributed by atoms with van der Waals surface area (Å²) in [5.74, 6) is 0. The van der Waals surface area contributed by atoms with Gasteiger partial charge in [0.15, 0.2) is 0 Å². The summed E-state index contributed by atoms with van der Waals surface area (Å²) < 4.78 is 0. The highest BCUT2D eigenvalue weighted by Gasteiger charge is 2.06. The molecule has 1 aromatic carbocycles. The second kappa shape index (κ2) is 8.98. The SMILES string of the molecule is CCCCCN(CCCC)Cc1ccc(C)c(N)c1. The summed E-state index contributed by atoms with van der Waals surface area (Å²) in [4.78, 5) is 2.57. The van der Waals surface area contributed by atoms with E-state index in [0.29, 0.717) is 0 Å². The molecule has 0 saturated carbocycles. The molecule has 1 aromatic rings. The molecule has 0 spiro atoms. The van der Waals surface area contributed by atoms with Crippen LogP contribution in [-0.4, -0.2) is 18.0 Å². The Balaban J connectivity index is 2.56. The van der Waals surface area contributed by atoms with Crippen molar-refractivity contribution in [1.82, 2.24) is 4.90 Å². The summed E-state index contributed by atoms with van der Waals surface area (Å²) in [6.07, 6.45) is 6.48. The molecule has 0 fully saturated rings. The number of unbranched alkanes of at least 4 members (excludes halogenated alkanes) is 3. The molecule has 0 radical (unpaired) electrons. The maximum absolute atomic E-state index is 6.00. The zero-order valence-corrected chi connectivity index (χ0v) is 12.9. The summed E-state index contributed by atoms with van der Waals surface area (Å²) in [6, 6.07) is 6.48. The molecule has 2 N–H and O–H groups in total. The quantitative estimate of drug-likeness (QED) is 0.529. The van der Waals surface area contributed by atoms with Crippen molar-refractivity contribution < 1.29 is 0 Å². The molecule has 0 aliphatic heterocycles. The summed E-state index contributed by atoms with van der Waals surface area (Å²) in [7, 11) is 0. The minimum Gasteiger partial charge on any atom is -0.399 e. The lowest BCUT2D eigenvalue weighted by Crippen LogP contribution is -2.25. The van der Waals surface area contributed by atoms with E-state index in [9.17, 15) is 0 Å². The third kappa shape index (κ3) is 6.11. The molecule has 0 aliphatic carbocycles. The fourth-order valence-electron chi connectivity index (χ4n) is 2.28. The van der Waals surface area contributed by atoms with Gasteiger partial charge < -0.3 is 5.73 Å². The molecule has 2 heteroatoms. The number of anilines is 1. The molecule has 0 unspecified atom stereocenters. The van der Waals surface area contributed by atoms with E-state index < -0.39 is 0 Å². The van der Waals surface area contributed by atoms with Gasteiger partial charge in [-0.1, -0.05) is 45.2 Å². The van der Waals surface area contributed by atoms with Gasteiger partial charge in [0, 0.05) is 12.2 Å². The molecule has 0 atom stereocenters. The summed E-state index contributed by atoms with van der Waals surface area (Å²) >= 11 is 0. The Kier molecular flexibility index (Phi) is 7.57. The topological polar surface area (TPSA) is 29.3 Å². The predicted molar refractivity (Wildman–Crippen MR) is 85.3 cm³/mol. The number of aryl methyl sites for hydroxylation is 1. The van der Waals surface area contributed by atoms with E-state index >= 15 is 0 Å². The Morgan fingerprint density at radius 2 is 1.68 bits per heavy atom. The Labute approximate surface area is 119 Å². The molecular weight excluding hydrogens is 232 g/mol. The first-order valence-electron chi connectivity index (χ1n) is 7.74. The van der Waals surface area contributed by atoms with Crippen molar-refractivity contribution in [2.45, 2.75) is 59.4 Å². The zero-order valence-electron chi connectivity index (χ0n) is 12.9. The number of nitrogens with zero attached hydrogens (tertiary/aromatic N) is 1. The van der Waals surface area contributed by atoms with E-state index in [2.05, 4.69) is 43.9 Å². The van der Waals surface area contributed by atoms with Gasteiger partial charge in [-0.25, -0.2) is 0 Å². The highest BCUT2D eigenvalue weighted by molar-refractivity contribution is 5.48. The number of rotatable bonds is 9. The van der Waals surface area contributed by atoms with Gasteiger partial charge in [-0.3, -0.25) is 4.90 Å². The van der Waals surface area contributed by atoms with Crippen LogP contribution in [0.1, 0.15) is 57.1 Å². The van der Waals surface area contributed by atoms with Crippen LogP contribution in [0.4, 0.5) is 5.69 Å². The molecule has 108 valence electrons. The number of benzene rings is 1. The molecule has 0 saturated heterocycles. The Morgan fingerprint density at radius 1 is 1.00 bits per heavy atom. The van der Waals surface area contributed by atoms with Gasteiger partial charge in [0.25, 0.3) is 0 Å². The number of nitrogens with two attached hydrogens (primary N) is 1. The van der Waals surface area contributed by atoms with Crippen LogP contribution in [-0.2, 0) is 6.54 Å². The normalized spacial score (nSPS) is 11.2. The Bertz CT molecular complexity index is 360. The van der Waals surface area contributed by atoms with Crippen molar-refractivity contribution in [1.29, 1.82) is 0 Å². The van der Waals surface area contributed by atoms with Crippen LogP contribution in [0.2, 0.25) is 0 Å².